The third kappa shape index (κ3) is 12.6. The molecule has 11 nitrogen and oxygen atoms in total. The summed E-state index contributed by atoms with van der Waals surface area (Å²) in [7, 11) is -4.18. The van der Waals surface area contributed by atoms with Crippen LogP contribution in [0.3, 0.4) is 0 Å². The average Bonchev–Trinajstić information content (AvgIpc) is 3.27. The normalized spacial score (nSPS) is 15.5. The molecule has 0 spiro atoms. The molecule has 0 saturated carbocycles. The molecule has 2 fully saturated rings. The molecule has 2 aliphatic heterocycles. The van der Waals surface area contributed by atoms with Crippen LogP contribution < -0.4 is 20.3 Å². The van der Waals surface area contributed by atoms with E-state index in [9.17, 15) is 18.0 Å². The zero-order chi connectivity index (χ0) is 42.6. The highest BCUT2D eigenvalue weighted by atomic mass is 35.5. The number of hydrogen-bond donors (Lipinski definition) is 3. The first-order chi connectivity index (χ1) is 29.6. The number of thioether (sulfide) groups is 1. The largest absolute Gasteiger partial charge is 0.381 e. The summed E-state index contributed by atoms with van der Waals surface area (Å²) in [5, 5.41) is 7.26. The van der Waals surface area contributed by atoms with E-state index in [4.69, 9.17) is 16.3 Å². The van der Waals surface area contributed by atoms with Crippen LogP contribution in [-0.4, -0.2) is 107 Å². The van der Waals surface area contributed by atoms with Crippen molar-refractivity contribution in [3.8, 4) is 11.1 Å². The highest BCUT2D eigenvalue weighted by Crippen LogP contribution is 2.28. The van der Waals surface area contributed by atoms with Gasteiger partial charge >= 0.3 is 0 Å². The number of hydrogen-bond acceptors (Lipinski definition) is 10. The molecule has 0 bridgehead atoms. The number of sulfonamides is 1. The molecule has 0 aliphatic carbocycles. The predicted octanol–water partition coefficient (Wildman–Crippen LogP) is 7.17. The van der Waals surface area contributed by atoms with Crippen LogP contribution >= 0.6 is 23.4 Å². The van der Waals surface area contributed by atoms with Gasteiger partial charge in [0.2, 0.25) is 5.91 Å². The highest BCUT2D eigenvalue weighted by molar-refractivity contribution is 7.99. The van der Waals surface area contributed by atoms with Crippen LogP contribution in [0.5, 0.6) is 0 Å². The van der Waals surface area contributed by atoms with Crippen LogP contribution in [0.4, 0.5) is 11.4 Å². The van der Waals surface area contributed by atoms with Crippen molar-refractivity contribution in [1.82, 2.24) is 19.8 Å². The summed E-state index contributed by atoms with van der Waals surface area (Å²) in [6.45, 7) is 10.5. The third-order valence-corrected chi connectivity index (χ3v) is 13.8. The van der Waals surface area contributed by atoms with Crippen LogP contribution in [0.15, 0.2) is 131 Å². The Morgan fingerprint density at radius 1 is 0.803 bits per heavy atom. The van der Waals surface area contributed by atoms with Crippen molar-refractivity contribution < 1.29 is 22.7 Å². The number of nitrogens with one attached hydrogen (secondary N) is 3. The fourth-order valence-electron chi connectivity index (χ4n) is 7.56. The Balaban J connectivity index is 0.918. The summed E-state index contributed by atoms with van der Waals surface area (Å²) in [5.41, 5.74) is 6.22. The number of nitrogens with zero attached hydrogens (tertiary/aromatic N) is 3. The summed E-state index contributed by atoms with van der Waals surface area (Å²) < 4.78 is 34.6. The molecule has 5 aromatic carbocycles. The second-order valence-electron chi connectivity index (χ2n) is 15.4. The lowest BCUT2D eigenvalue weighted by molar-refractivity contribution is -0.121. The Bertz CT molecular complexity index is 2340. The average molecular weight is 882 g/mol. The maximum Gasteiger partial charge on any atom is 0.264 e. The molecule has 320 valence electrons. The van der Waals surface area contributed by atoms with E-state index in [2.05, 4.69) is 66.5 Å². The minimum Gasteiger partial charge on any atom is -0.381 e. The molecule has 2 amide bonds. The lowest BCUT2D eigenvalue weighted by atomic mass is 9.99. The highest BCUT2D eigenvalue weighted by Gasteiger charge is 2.23. The van der Waals surface area contributed by atoms with Crippen molar-refractivity contribution in [1.29, 1.82) is 0 Å². The van der Waals surface area contributed by atoms with Gasteiger partial charge in [0.05, 0.1) is 18.1 Å². The van der Waals surface area contributed by atoms with E-state index >= 15 is 0 Å². The maximum absolute atomic E-state index is 13.5. The smallest absolute Gasteiger partial charge is 0.264 e. The zero-order valence-electron chi connectivity index (χ0n) is 34.4. The Hall–Kier alpha value is -4.89. The van der Waals surface area contributed by atoms with Gasteiger partial charge in [0.15, 0.2) is 0 Å². The number of morpholine rings is 1. The van der Waals surface area contributed by atoms with E-state index in [-0.39, 0.29) is 28.8 Å². The first kappa shape index (κ1) is 44.2. The number of anilines is 2. The molecule has 0 unspecified atom stereocenters. The summed E-state index contributed by atoms with van der Waals surface area (Å²) in [4.78, 5) is 34.4. The SMILES string of the molecule is Cc1cc(S(=O)(=O)NC(=O)c2ccc(N3CCN(Cc4ccccc4-c4ccc(Cl)cc4)CC3)cc2)ccc1N[C@@H](CSc1ccccc1)CC(=O)NCCN1CCOCC1. The van der Waals surface area contributed by atoms with Gasteiger partial charge in [-0.25, -0.2) is 13.1 Å². The molecule has 0 radical (unpaired) electrons. The van der Waals surface area contributed by atoms with Crippen LogP contribution in [0.2, 0.25) is 5.02 Å². The minimum absolute atomic E-state index is 0.0229. The maximum atomic E-state index is 13.5. The molecular formula is C47H53ClN6O5S2. The summed E-state index contributed by atoms with van der Waals surface area (Å²) in [6, 6.07) is 38.0. The van der Waals surface area contributed by atoms with Gasteiger partial charge in [0.25, 0.3) is 15.9 Å². The van der Waals surface area contributed by atoms with Gasteiger partial charge in [0.1, 0.15) is 0 Å². The molecule has 5 aromatic rings. The molecule has 7 rings (SSSR count). The Kier molecular flexibility index (Phi) is 15.4. The number of carbonyl (C=O) groups is 2. The fraction of sp³-hybridized carbons (Fsp3) is 0.319. The van der Waals surface area contributed by atoms with E-state index < -0.39 is 15.9 Å². The molecule has 1 atom stereocenters. The first-order valence-corrected chi connectivity index (χ1v) is 23.5. The monoisotopic (exact) mass is 880 g/mol. The summed E-state index contributed by atoms with van der Waals surface area (Å²) in [6.07, 6.45) is 0.244. The number of benzene rings is 5. The number of piperazine rings is 1. The number of halogens is 1. The molecule has 2 heterocycles. The Morgan fingerprint density at radius 3 is 2.23 bits per heavy atom. The Morgan fingerprint density at radius 2 is 1.51 bits per heavy atom. The van der Waals surface area contributed by atoms with Crippen molar-refractivity contribution in [2.75, 3.05) is 81.5 Å². The quantitative estimate of drug-likeness (QED) is 0.0830. The first-order valence-electron chi connectivity index (χ1n) is 20.7. The van der Waals surface area contributed by atoms with E-state index in [1.165, 1.54) is 17.2 Å². The zero-order valence-corrected chi connectivity index (χ0v) is 36.8. The fourth-order valence-corrected chi connectivity index (χ4v) is 9.69. The lowest BCUT2D eigenvalue weighted by Crippen LogP contribution is -2.46. The van der Waals surface area contributed by atoms with E-state index in [0.717, 1.165) is 73.5 Å². The Labute approximate surface area is 368 Å². The van der Waals surface area contributed by atoms with Crippen molar-refractivity contribution in [2.45, 2.75) is 35.7 Å². The van der Waals surface area contributed by atoms with E-state index in [1.807, 2.05) is 61.5 Å². The lowest BCUT2D eigenvalue weighted by Gasteiger charge is -2.36. The standard InChI is InChI=1S/C47H53ClN6O5S2/c1-35-31-43(19-20-45(35)50-40(34-60-42-8-3-2-4-9-42)32-46(55)49-21-22-52-27-29-59-30-28-52)61(57,58)51-47(56)37-13-17-41(18-14-37)54-25-23-53(24-26-54)33-38-7-5-6-10-44(38)36-11-15-39(48)16-12-36/h2-20,31,40,50H,21-30,32-34H2,1H3,(H,49,55)(H,51,56)/t40-/m1/s1. The van der Waals surface area contributed by atoms with Crippen molar-refractivity contribution in [2.24, 2.45) is 0 Å². The van der Waals surface area contributed by atoms with Gasteiger partial charge in [-0.15, -0.1) is 11.8 Å². The third-order valence-electron chi connectivity index (χ3n) is 11.0. The van der Waals surface area contributed by atoms with Crippen LogP contribution in [0.1, 0.15) is 27.9 Å². The number of aryl methyl sites for hydroxylation is 1. The van der Waals surface area contributed by atoms with Crippen LogP contribution in [0.25, 0.3) is 11.1 Å². The number of amides is 2. The second kappa shape index (κ2) is 21.3. The van der Waals surface area contributed by atoms with E-state index in [1.54, 1.807) is 36.0 Å². The van der Waals surface area contributed by atoms with Crippen molar-refractivity contribution in [3.05, 3.63) is 143 Å². The predicted molar refractivity (Wildman–Crippen MR) is 246 cm³/mol. The van der Waals surface area contributed by atoms with Gasteiger partial charge < -0.3 is 20.3 Å². The minimum atomic E-state index is -4.18. The number of rotatable bonds is 17. The van der Waals surface area contributed by atoms with Gasteiger partial charge in [-0.3, -0.25) is 19.4 Å². The van der Waals surface area contributed by atoms with Crippen LogP contribution in [0, 0.1) is 6.92 Å². The molecule has 2 aliphatic rings. The molecular weight excluding hydrogens is 828 g/mol. The molecule has 2 saturated heterocycles. The van der Waals surface area contributed by atoms with Gasteiger partial charge in [-0.1, -0.05) is 66.2 Å². The summed E-state index contributed by atoms with van der Waals surface area (Å²) in [5.74, 6) is -0.141. The number of ether oxygens (including phenoxy) is 1. The van der Waals surface area contributed by atoms with Crippen LogP contribution in [-0.2, 0) is 26.1 Å². The van der Waals surface area contributed by atoms with Crippen molar-refractivity contribution in [3.63, 3.8) is 0 Å². The topological polar surface area (TPSA) is 123 Å². The molecule has 3 N–H and O–H groups in total. The van der Waals surface area contributed by atoms with Gasteiger partial charge in [-0.05, 0) is 95.9 Å². The van der Waals surface area contributed by atoms with Crippen molar-refractivity contribution >= 4 is 56.6 Å². The second-order valence-corrected chi connectivity index (χ2v) is 18.6. The van der Waals surface area contributed by atoms with Gasteiger partial charge in [0, 0.05) is 104 Å². The summed E-state index contributed by atoms with van der Waals surface area (Å²) >= 11 is 7.78. The number of carbonyl (C=O) groups excluding carboxylic acids is 2. The van der Waals surface area contributed by atoms with E-state index in [0.29, 0.717) is 36.8 Å². The van der Waals surface area contributed by atoms with Gasteiger partial charge in [-0.2, -0.15) is 0 Å². The molecule has 0 aromatic heterocycles. The molecule has 61 heavy (non-hydrogen) atoms. The molecule has 14 heteroatoms.